The number of halogens is 1. The second-order valence-corrected chi connectivity index (χ2v) is 5.51. The lowest BCUT2D eigenvalue weighted by Crippen LogP contribution is -2.10. The third-order valence-electron chi connectivity index (χ3n) is 2.71. The maximum Gasteiger partial charge on any atom is 0.261 e. The number of fused-ring (bicyclic) bond motifs is 1. The number of hydrogen-bond donors (Lipinski definition) is 2. The summed E-state index contributed by atoms with van der Waals surface area (Å²) in [4.78, 5) is 5.19. The molecule has 0 saturated heterocycles. The summed E-state index contributed by atoms with van der Waals surface area (Å²) in [6.45, 7) is 0. The lowest BCUT2D eigenvalue weighted by atomic mass is 10.2. The van der Waals surface area contributed by atoms with Crippen LogP contribution in [0.4, 0.5) is 0 Å². The summed E-state index contributed by atoms with van der Waals surface area (Å²) >= 11 is 7.52. The van der Waals surface area contributed by atoms with Crippen LogP contribution in [0.2, 0.25) is 5.02 Å². The van der Waals surface area contributed by atoms with Gasteiger partial charge in [0.15, 0.2) is 5.58 Å². The second kappa shape index (κ2) is 5.19. The summed E-state index contributed by atoms with van der Waals surface area (Å²) < 4.78 is 5.63. The van der Waals surface area contributed by atoms with Crippen LogP contribution < -0.4 is 5.73 Å². The number of nitrogens with one attached hydrogen (secondary N) is 1. The Hall–Kier alpha value is -1.98. The first kappa shape index (κ1) is 13.0. The first-order chi connectivity index (χ1) is 9.63. The van der Waals surface area contributed by atoms with Crippen LogP contribution in [0.1, 0.15) is 5.56 Å². The summed E-state index contributed by atoms with van der Waals surface area (Å²) in [6, 6.07) is 12.8. The summed E-state index contributed by atoms with van der Waals surface area (Å²) in [6.07, 6.45) is 0. The van der Waals surface area contributed by atoms with Crippen molar-refractivity contribution in [2.24, 2.45) is 5.73 Å². The van der Waals surface area contributed by atoms with E-state index < -0.39 is 0 Å². The first-order valence-electron chi connectivity index (χ1n) is 5.81. The number of rotatable bonds is 3. The number of benzene rings is 2. The lowest BCUT2D eigenvalue weighted by Gasteiger charge is -2.03. The molecule has 3 rings (SSSR count). The van der Waals surface area contributed by atoms with Crippen molar-refractivity contribution in [1.29, 1.82) is 5.41 Å². The van der Waals surface area contributed by atoms with Crippen molar-refractivity contribution >= 4 is 40.3 Å². The molecule has 0 unspecified atom stereocenters. The van der Waals surface area contributed by atoms with Crippen LogP contribution in [0.3, 0.4) is 0 Å². The number of para-hydroxylation sites is 2. The third-order valence-corrected chi connectivity index (χ3v) is 4.06. The Morgan fingerprint density at radius 3 is 2.75 bits per heavy atom. The number of aromatic nitrogens is 1. The van der Waals surface area contributed by atoms with Crippen LogP contribution in [-0.2, 0) is 0 Å². The number of hydrogen-bond acceptors (Lipinski definition) is 4. The van der Waals surface area contributed by atoms with Crippen molar-refractivity contribution < 1.29 is 4.42 Å². The summed E-state index contributed by atoms with van der Waals surface area (Å²) in [5.41, 5.74) is 7.57. The number of amidine groups is 1. The van der Waals surface area contributed by atoms with E-state index >= 15 is 0 Å². The fourth-order valence-electron chi connectivity index (χ4n) is 1.74. The highest BCUT2D eigenvalue weighted by molar-refractivity contribution is 7.99. The SMILES string of the molecule is N=C(N)c1ccc(Sc2nc3ccccc3o2)c(Cl)c1. The Morgan fingerprint density at radius 2 is 2.05 bits per heavy atom. The van der Waals surface area contributed by atoms with Crippen molar-refractivity contribution in [2.45, 2.75) is 10.1 Å². The highest BCUT2D eigenvalue weighted by atomic mass is 35.5. The van der Waals surface area contributed by atoms with E-state index in [2.05, 4.69) is 4.98 Å². The average Bonchev–Trinajstić information content (AvgIpc) is 2.83. The van der Waals surface area contributed by atoms with Gasteiger partial charge in [-0.25, -0.2) is 4.98 Å². The molecule has 0 radical (unpaired) electrons. The van der Waals surface area contributed by atoms with E-state index in [0.29, 0.717) is 15.8 Å². The van der Waals surface area contributed by atoms with Crippen molar-refractivity contribution in [3.05, 3.63) is 53.1 Å². The second-order valence-electron chi connectivity index (χ2n) is 4.11. The maximum atomic E-state index is 7.38. The normalized spacial score (nSPS) is 10.8. The molecule has 0 aliphatic rings. The number of oxazole rings is 1. The average molecular weight is 304 g/mol. The van der Waals surface area contributed by atoms with Gasteiger partial charge < -0.3 is 10.2 Å². The van der Waals surface area contributed by atoms with E-state index in [4.69, 9.17) is 27.2 Å². The van der Waals surface area contributed by atoms with Crippen molar-refractivity contribution in [3.8, 4) is 0 Å². The third kappa shape index (κ3) is 2.50. The Kier molecular flexibility index (Phi) is 3.38. The van der Waals surface area contributed by atoms with Gasteiger partial charge in [-0.15, -0.1) is 0 Å². The minimum absolute atomic E-state index is 0.00897. The van der Waals surface area contributed by atoms with Crippen molar-refractivity contribution in [3.63, 3.8) is 0 Å². The molecule has 3 aromatic rings. The monoisotopic (exact) mass is 303 g/mol. The zero-order chi connectivity index (χ0) is 14.1. The van der Waals surface area contributed by atoms with Gasteiger partial charge in [0, 0.05) is 10.5 Å². The van der Waals surface area contributed by atoms with Crippen LogP contribution in [0.25, 0.3) is 11.1 Å². The van der Waals surface area contributed by atoms with E-state index in [0.717, 1.165) is 16.0 Å². The summed E-state index contributed by atoms with van der Waals surface area (Å²) in [7, 11) is 0. The van der Waals surface area contributed by atoms with Gasteiger partial charge >= 0.3 is 0 Å². The molecule has 6 heteroatoms. The molecule has 0 bridgehead atoms. The van der Waals surface area contributed by atoms with Gasteiger partial charge in [0.1, 0.15) is 11.4 Å². The van der Waals surface area contributed by atoms with Gasteiger partial charge in [-0.05, 0) is 36.0 Å². The molecule has 0 fully saturated rings. The van der Waals surface area contributed by atoms with Crippen molar-refractivity contribution in [1.82, 2.24) is 4.98 Å². The Morgan fingerprint density at radius 1 is 1.25 bits per heavy atom. The molecule has 0 aliphatic heterocycles. The molecule has 3 N–H and O–H groups in total. The predicted molar refractivity (Wildman–Crippen MR) is 80.6 cm³/mol. The molecule has 0 amide bonds. The number of nitrogens with two attached hydrogens (primary N) is 1. The number of nitrogens with zero attached hydrogens (tertiary/aromatic N) is 1. The quantitative estimate of drug-likeness (QED) is 0.568. The molecule has 4 nitrogen and oxygen atoms in total. The smallest absolute Gasteiger partial charge is 0.261 e. The van der Waals surface area contributed by atoms with Gasteiger partial charge in [0.2, 0.25) is 0 Å². The number of nitrogen functional groups attached to an aromatic ring is 1. The minimum Gasteiger partial charge on any atom is -0.431 e. The zero-order valence-electron chi connectivity index (χ0n) is 10.3. The van der Waals surface area contributed by atoms with Crippen molar-refractivity contribution in [2.75, 3.05) is 0 Å². The molecule has 0 aliphatic carbocycles. The Balaban J connectivity index is 1.92. The Bertz CT molecular complexity index is 767. The van der Waals surface area contributed by atoms with E-state index in [1.54, 1.807) is 18.2 Å². The van der Waals surface area contributed by atoms with Crippen LogP contribution >= 0.6 is 23.4 Å². The molecule has 100 valence electrons. The van der Waals surface area contributed by atoms with Gasteiger partial charge in [-0.2, -0.15) is 0 Å². The lowest BCUT2D eigenvalue weighted by molar-refractivity contribution is 0.489. The summed E-state index contributed by atoms with van der Waals surface area (Å²) in [5, 5.41) is 8.43. The molecule has 0 saturated carbocycles. The van der Waals surface area contributed by atoms with Crippen LogP contribution in [0.15, 0.2) is 57.0 Å². The zero-order valence-corrected chi connectivity index (χ0v) is 11.8. The fraction of sp³-hybridized carbons (Fsp3) is 0. The summed E-state index contributed by atoms with van der Waals surface area (Å²) in [5.74, 6) is -0.00897. The molecule has 20 heavy (non-hydrogen) atoms. The topological polar surface area (TPSA) is 75.9 Å². The molecule has 1 heterocycles. The van der Waals surface area contributed by atoms with Gasteiger partial charge in [0.05, 0.1) is 5.02 Å². The van der Waals surface area contributed by atoms with Crippen LogP contribution in [-0.4, -0.2) is 10.8 Å². The molecular formula is C14H10ClN3OS. The Labute approximate surface area is 124 Å². The fourth-order valence-corrected chi connectivity index (χ4v) is 2.79. The maximum absolute atomic E-state index is 7.38. The molecule has 0 atom stereocenters. The largest absolute Gasteiger partial charge is 0.431 e. The highest BCUT2D eigenvalue weighted by Gasteiger charge is 2.10. The van der Waals surface area contributed by atoms with E-state index in [-0.39, 0.29) is 5.84 Å². The molecule has 1 aromatic heterocycles. The van der Waals surface area contributed by atoms with Crippen LogP contribution in [0, 0.1) is 5.41 Å². The molecular weight excluding hydrogens is 294 g/mol. The standard InChI is InChI=1S/C14H10ClN3OS/c15-9-7-8(13(16)17)5-6-12(9)20-14-18-10-3-1-2-4-11(10)19-14/h1-7H,(H3,16,17). The minimum atomic E-state index is -0.00897. The van der Waals surface area contributed by atoms with E-state index in [1.807, 2.05) is 24.3 Å². The van der Waals surface area contributed by atoms with E-state index in [9.17, 15) is 0 Å². The van der Waals surface area contributed by atoms with Gasteiger partial charge in [-0.1, -0.05) is 29.8 Å². The van der Waals surface area contributed by atoms with Gasteiger partial charge in [0.25, 0.3) is 5.22 Å². The van der Waals surface area contributed by atoms with Crippen LogP contribution in [0.5, 0.6) is 0 Å². The first-order valence-corrected chi connectivity index (χ1v) is 7.00. The molecule has 2 aromatic carbocycles. The molecule has 0 spiro atoms. The van der Waals surface area contributed by atoms with Gasteiger partial charge in [-0.3, -0.25) is 5.41 Å². The highest BCUT2D eigenvalue weighted by Crippen LogP contribution is 2.34. The van der Waals surface area contributed by atoms with E-state index in [1.165, 1.54) is 11.8 Å². The predicted octanol–water partition coefficient (Wildman–Crippen LogP) is 3.92.